The van der Waals surface area contributed by atoms with Crippen molar-refractivity contribution in [3.05, 3.63) is 10.1 Å². The van der Waals surface area contributed by atoms with Gasteiger partial charge in [0.1, 0.15) is 6.10 Å². The van der Waals surface area contributed by atoms with Crippen LogP contribution in [0.3, 0.4) is 0 Å². The first-order chi connectivity index (χ1) is 6.97. The van der Waals surface area contributed by atoms with E-state index in [0.29, 0.717) is 0 Å². The van der Waals surface area contributed by atoms with Crippen molar-refractivity contribution in [2.24, 2.45) is 0 Å². The largest absolute Gasteiger partial charge is 0.411 e. The van der Waals surface area contributed by atoms with Crippen molar-refractivity contribution in [1.82, 2.24) is 0 Å². The minimum Gasteiger partial charge on any atom is -0.411 e. The Hall–Kier alpha value is -0.463. The first kappa shape index (κ1) is 15.5. The molecule has 1 N–H and O–H groups in total. The maximum absolute atomic E-state index is 10.3. The standard InChI is InChI=1S/C10H23NO4Si/c1-8(9(12)7-11(13)14)15-16(5,6)10(2,3)4/h8-9,12H,7H2,1-6H3/t8-,9+/m0/s1. The molecular formula is C10H23NO4Si. The Morgan fingerprint density at radius 1 is 1.44 bits per heavy atom. The lowest BCUT2D eigenvalue weighted by Gasteiger charge is -2.39. The molecule has 0 aliphatic rings. The smallest absolute Gasteiger partial charge is 0.231 e. The third-order valence-electron chi connectivity index (χ3n) is 3.16. The fourth-order valence-corrected chi connectivity index (χ4v) is 2.46. The van der Waals surface area contributed by atoms with E-state index in [9.17, 15) is 15.2 Å². The maximum Gasteiger partial charge on any atom is 0.231 e. The Balaban J connectivity index is 4.44. The van der Waals surface area contributed by atoms with Crippen molar-refractivity contribution >= 4 is 8.32 Å². The van der Waals surface area contributed by atoms with Crippen LogP contribution in [0.25, 0.3) is 0 Å². The van der Waals surface area contributed by atoms with Gasteiger partial charge in [-0.15, -0.1) is 0 Å². The number of aliphatic hydroxyl groups excluding tert-OH is 1. The molecule has 0 aromatic heterocycles. The van der Waals surface area contributed by atoms with E-state index in [4.69, 9.17) is 4.43 Å². The lowest BCUT2D eigenvalue weighted by atomic mass is 10.2. The number of nitro groups is 1. The van der Waals surface area contributed by atoms with Gasteiger partial charge in [0.05, 0.1) is 6.10 Å². The topological polar surface area (TPSA) is 72.6 Å². The molecule has 0 saturated carbocycles. The zero-order chi connectivity index (χ0) is 13.1. The average molecular weight is 249 g/mol. The van der Waals surface area contributed by atoms with E-state index in [1.54, 1.807) is 6.92 Å². The summed E-state index contributed by atoms with van der Waals surface area (Å²) < 4.78 is 5.85. The number of rotatable bonds is 5. The SMILES string of the molecule is C[C@H](O[Si](C)(C)C(C)(C)C)[C@H](O)C[N+](=O)[O-]. The van der Waals surface area contributed by atoms with E-state index < -0.39 is 32.0 Å². The quantitative estimate of drug-likeness (QED) is 0.460. The van der Waals surface area contributed by atoms with Gasteiger partial charge >= 0.3 is 0 Å². The molecule has 0 aromatic rings. The van der Waals surface area contributed by atoms with Crippen LogP contribution < -0.4 is 0 Å². The van der Waals surface area contributed by atoms with Crippen LogP contribution in [0.5, 0.6) is 0 Å². The lowest BCUT2D eigenvalue weighted by molar-refractivity contribution is -0.492. The summed E-state index contributed by atoms with van der Waals surface area (Å²) in [5.41, 5.74) is 0. The highest BCUT2D eigenvalue weighted by Gasteiger charge is 2.40. The van der Waals surface area contributed by atoms with E-state index in [2.05, 4.69) is 33.9 Å². The third kappa shape index (κ3) is 4.59. The van der Waals surface area contributed by atoms with Crippen LogP contribution in [0, 0.1) is 10.1 Å². The molecule has 0 aliphatic heterocycles. The Labute approximate surface area is 98.1 Å². The highest BCUT2D eigenvalue weighted by Crippen LogP contribution is 2.37. The monoisotopic (exact) mass is 249 g/mol. The molecule has 0 aliphatic carbocycles. The maximum atomic E-state index is 10.3. The van der Waals surface area contributed by atoms with Gasteiger partial charge in [-0.1, -0.05) is 20.8 Å². The summed E-state index contributed by atoms with van der Waals surface area (Å²) in [7, 11) is -1.96. The van der Waals surface area contributed by atoms with Gasteiger partial charge in [0.2, 0.25) is 6.54 Å². The average Bonchev–Trinajstić information content (AvgIpc) is 1.99. The summed E-state index contributed by atoms with van der Waals surface area (Å²) in [6, 6.07) is 0. The zero-order valence-electron chi connectivity index (χ0n) is 11.0. The highest BCUT2D eigenvalue weighted by molar-refractivity contribution is 6.74. The summed E-state index contributed by atoms with van der Waals surface area (Å²) in [6.07, 6.45) is -1.53. The number of nitrogens with zero attached hydrogens (tertiary/aromatic N) is 1. The number of hydrogen-bond donors (Lipinski definition) is 1. The molecule has 0 unspecified atom stereocenters. The fourth-order valence-electron chi connectivity index (χ4n) is 1.02. The van der Waals surface area contributed by atoms with E-state index in [0.717, 1.165) is 0 Å². The molecule has 0 radical (unpaired) electrons. The predicted octanol–water partition coefficient (Wildman–Crippen LogP) is 2.03. The molecule has 0 saturated heterocycles. The molecule has 16 heavy (non-hydrogen) atoms. The lowest BCUT2D eigenvalue weighted by Crippen LogP contribution is -2.47. The van der Waals surface area contributed by atoms with Gasteiger partial charge in [-0.3, -0.25) is 10.1 Å². The molecule has 0 fully saturated rings. The summed E-state index contributed by atoms with van der Waals surface area (Å²) in [6.45, 7) is 11.6. The Morgan fingerprint density at radius 3 is 2.19 bits per heavy atom. The predicted molar refractivity (Wildman–Crippen MR) is 65.6 cm³/mol. The molecule has 0 aromatic carbocycles. The summed E-state index contributed by atoms with van der Waals surface area (Å²) in [4.78, 5) is 9.76. The fraction of sp³-hybridized carbons (Fsp3) is 1.00. The van der Waals surface area contributed by atoms with Gasteiger partial charge in [-0.2, -0.15) is 0 Å². The summed E-state index contributed by atoms with van der Waals surface area (Å²) in [5.74, 6) is 0. The van der Waals surface area contributed by atoms with Gasteiger partial charge in [-0.05, 0) is 25.1 Å². The molecule has 6 heteroatoms. The second-order valence-electron chi connectivity index (χ2n) is 5.67. The van der Waals surface area contributed by atoms with Crippen LogP contribution >= 0.6 is 0 Å². The van der Waals surface area contributed by atoms with Crippen molar-refractivity contribution in [1.29, 1.82) is 0 Å². The van der Waals surface area contributed by atoms with E-state index >= 15 is 0 Å². The first-order valence-corrected chi connectivity index (χ1v) is 8.36. The molecule has 0 spiro atoms. The van der Waals surface area contributed by atoms with Gasteiger partial charge in [0, 0.05) is 4.92 Å². The van der Waals surface area contributed by atoms with Gasteiger partial charge < -0.3 is 9.53 Å². The normalized spacial score (nSPS) is 16.9. The summed E-state index contributed by atoms with van der Waals surface area (Å²) in [5, 5.41) is 19.9. The van der Waals surface area contributed by atoms with Crippen molar-refractivity contribution in [2.45, 2.75) is 58.0 Å². The van der Waals surface area contributed by atoms with E-state index in [1.165, 1.54) is 0 Å². The molecule has 5 nitrogen and oxygen atoms in total. The van der Waals surface area contributed by atoms with Crippen LogP contribution in [-0.2, 0) is 4.43 Å². The van der Waals surface area contributed by atoms with Crippen LogP contribution in [-0.4, -0.2) is 37.1 Å². The minimum atomic E-state index is -1.96. The minimum absolute atomic E-state index is 0.0373. The number of hydrogen-bond acceptors (Lipinski definition) is 4. The van der Waals surface area contributed by atoms with Crippen molar-refractivity contribution in [3.63, 3.8) is 0 Å². The third-order valence-corrected chi connectivity index (χ3v) is 7.74. The second-order valence-corrected chi connectivity index (χ2v) is 10.4. The van der Waals surface area contributed by atoms with Crippen molar-refractivity contribution in [2.75, 3.05) is 6.54 Å². The van der Waals surface area contributed by atoms with Crippen molar-refractivity contribution < 1.29 is 14.5 Å². The molecule has 0 heterocycles. The summed E-state index contributed by atoms with van der Waals surface area (Å²) >= 11 is 0. The molecule has 2 atom stereocenters. The zero-order valence-corrected chi connectivity index (χ0v) is 12.0. The first-order valence-electron chi connectivity index (χ1n) is 5.45. The van der Waals surface area contributed by atoms with Crippen LogP contribution in [0.15, 0.2) is 0 Å². The van der Waals surface area contributed by atoms with Crippen molar-refractivity contribution in [3.8, 4) is 0 Å². The van der Waals surface area contributed by atoms with E-state index in [1.807, 2.05) is 0 Å². The molecule has 0 amide bonds. The van der Waals surface area contributed by atoms with Crippen LogP contribution in [0.4, 0.5) is 0 Å². The second kappa shape index (κ2) is 5.24. The molecule has 0 rings (SSSR count). The van der Waals surface area contributed by atoms with Crippen LogP contribution in [0.1, 0.15) is 27.7 Å². The highest BCUT2D eigenvalue weighted by atomic mass is 28.4. The van der Waals surface area contributed by atoms with Gasteiger partial charge in [0.15, 0.2) is 8.32 Å². The Bertz CT molecular complexity index is 250. The Kier molecular flexibility index (Phi) is 5.09. The number of aliphatic hydroxyl groups is 1. The molecule has 96 valence electrons. The van der Waals surface area contributed by atoms with E-state index in [-0.39, 0.29) is 5.04 Å². The van der Waals surface area contributed by atoms with Crippen LogP contribution in [0.2, 0.25) is 18.1 Å². The molecule has 0 bridgehead atoms. The molecular weight excluding hydrogens is 226 g/mol. The van der Waals surface area contributed by atoms with Gasteiger partial charge in [-0.25, -0.2) is 0 Å². The van der Waals surface area contributed by atoms with Gasteiger partial charge in [0.25, 0.3) is 0 Å². The Morgan fingerprint density at radius 2 is 1.88 bits per heavy atom.